The maximum absolute atomic E-state index is 14.2. The largest absolute Gasteiger partial charge is 0.444 e. The molecule has 0 heterocycles. The number of carbonyl (C=O) groups excluding carboxylic acids is 3. The van der Waals surface area contributed by atoms with E-state index in [1.165, 1.54) is 0 Å². The third-order valence-electron chi connectivity index (χ3n) is 6.73. The molecule has 2 N–H and O–H groups in total. The number of alkyl carbamates (subject to hydrolysis) is 1. The number of rotatable bonds is 8. The maximum Gasteiger partial charge on any atom is 0.408 e. The van der Waals surface area contributed by atoms with Crippen LogP contribution in [0.4, 0.5) is 10.5 Å². The van der Waals surface area contributed by atoms with Crippen molar-refractivity contribution in [2.75, 3.05) is 5.32 Å². The summed E-state index contributed by atoms with van der Waals surface area (Å²) in [5, 5.41) is 5.69. The van der Waals surface area contributed by atoms with Gasteiger partial charge in [-0.3, -0.25) is 14.5 Å². The number of terminal acetylenes is 1. The minimum Gasteiger partial charge on any atom is -0.444 e. The number of amides is 3. The van der Waals surface area contributed by atoms with Crippen LogP contribution < -0.4 is 10.6 Å². The van der Waals surface area contributed by atoms with Crippen molar-refractivity contribution >= 4 is 23.6 Å². The number of benzene rings is 3. The average Bonchev–Trinajstić information content (AvgIpc) is 2.90. The summed E-state index contributed by atoms with van der Waals surface area (Å²) in [6.07, 6.45) is 5.36. The van der Waals surface area contributed by atoms with E-state index in [9.17, 15) is 14.4 Å². The van der Waals surface area contributed by atoms with Gasteiger partial charge in [-0.15, -0.1) is 0 Å². The Labute approximate surface area is 243 Å². The van der Waals surface area contributed by atoms with Crippen LogP contribution in [0.1, 0.15) is 60.2 Å². The zero-order chi connectivity index (χ0) is 30.3. The van der Waals surface area contributed by atoms with Gasteiger partial charge in [-0.1, -0.05) is 73.2 Å². The van der Waals surface area contributed by atoms with E-state index in [1.54, 1.807) is 26.8 Å². The van der Waals surface area contributed by atoms with Gasteiger partial charge in [0.1, 0.15) is 17.7 Å². The van der Waals surface area contributed by atoms with Crippen LogP contribution in [0.3, 0.4) is 0 Å². The van der Waals surface area contributed by atoms with E-state index in [2.05, 4.69) is 16.7 Å². The number of aryl methyl sites for hydroxylation is 4. The fourth-order valence-corrected chi connectivity index (χ4v) is 4.49. The van der Waals surface area contributed by atoms with E-state index < -0.39 is 35.6 Å². The standard InChI is InChI=1S/C34H39N3O4/c1-9-37(32(39)28(21-26-16-11-10-12-17-26)35-33(40)41-34(6,7)8)30(27-19-18-22(2)25(5)20-27)31(38)36-29-23(3)14-13-15-24(29)4/h1,10-20,28,30H,21H2,2-8H3,(H,35,40)(H,36,38). The maximum atomic E-state index is 14.2. The Balaban J connectivity index is 2.06. The van der Waals surface area contributed by atoms with Crippen molar-refractivity contribution in [2.45, 2.75) is 72.6 Å². The number of hydrogen-bond donors (Lipinski definition) is 2. The van der Waals surface area contributed by atoms with Crippen LogP contribution in [0.15, 0.2) is 66.7 Å². The average molecular weight is 554 g/mol. The first kappa shape index (κ1) is 31.0. The third-order valence-corrected chi connectivity index (χ3v) is 6.73. The summed E-state index contributed by atoms with van der Waals surface area (Å²) in [5.41, 5.74) is 4.99. The molecule has 0 bridgehead atoms. The molecule has 2 unspecified atom stereocenters. The van der Waals surface area contributed by atoms with E-state index in [4.69, 9.17) is 11.2 Å². The van der Waals surface area contributed by atoms with Crippen molar-refractivity contribution in [1.29, 1.82) is 0 Å². The van der Waals surface area contributed by atoms with Crippen LogP contribution in [0.2, 0.25) is 0 Å². The summed E-state index contributed by atoms with van der Waals surface area (Å²) in [7, 11) is 0. The molecule has 3 aromatic rings. The highest BCUT2D eigenvalue weighted by molar-refractivity contribution is 6.00. The zero-order valence-electron chi connectivity index (χ0n) is 24.9. The van der Waals surface area contributed by atoms with E-state index in [0.717, 1.165) is 32.7 Å². The lowest BCUT2D eigenvalue weighted by atomic mass is 9.97. The molecule has 0 aromatic heterocycles. The first-order valence-electron chi connectivity index (χ1n) is 13.6. The molecule has 0 spiro atoms. The summed E-state index contributed by atoms with van der Waals surface area (Å²) in [5.74, 6) is -1.07. The van der Waals surface area contributed by atoms with E-state index in [0.29, 0.717) is 11.3 Å². The Hall–Kier alpha value is -4.57. The first-order chi connectivity index (χ1) is 19.3. The summed E-state index contributed by atoms with van der Waals surface area (Å²) in [6.45, 7) is 12.9. The van der Waals surface area contributed by atoms with Gasteiger partial charge < -0.3 is 15.4 Å². The van der Waals surface area contributed by atoms with Crippen LogP contribution in [0.5, 0.6) is 0 Å². The molecule has 3 aromatic carbocycles. The van der Waals surface area contributed by atoms with Crippen LogP contribution in [-0.4, -0.2) is 34.5 Å². The van der Waals surface area contributed by atoms with Gasteiger partial charge in [0.05, 0.1) is 0 Å². The quantitative estimate of drug-likeness (QED) is 0.259. The number of hydrogen-bond acceptors (Lipinski definition) is 4. The van der Waals surface area contributed by atoms with Crippen LogP contribution in [-0.2, 0) is 20.7 Å². The van der Waals surface area contributed by atoms with Gasteiger partial charge in [-0.05, 0) is 81.8 Å². The Morgan fingerprint density at radius 2 is 1.51 bits per heavy atom. The molecule has 2 atom stereocenters. The Kier molecular flexibility index (Phi) is 9.96. The molecule has 0 saturated heterocycles. The fraction of sp³-hybridized carbons (Fsp3) is 0.324. The predicted molar refractivity (Wildman–Crippen MR) is 162 cm³/mol. The van der Waals surface area contributed by atoms with Gasteiger partial charge in [0.2, 0.25) is 0 Å². The molecule has 0 aliphatic heterocycles. The van der Waals surface area contributed by atoms with Crippen LogP contribution in [0, 0.1) is 40.2 Å². The minimum atomic E-state index is -1.16. The summed E-state index contributed by atoms with van der Waals surface area (Å²) in [4.78, 5) is 42.0. The molecular formula is C34H39N3O4. The highest BCUT2D eigenvalue weighted by Gasteiger charge is 2.36. The minimum absolute atomic E-state index is 0.148. The molecule has 7 heteroatoms. The fourth-order valence-electron chi connectivity index (χ4n) is 4.49. The van der Waals surface area contributed by atoms with Gasteiger partial charge in [0.25, 0.3) is 11.8 Å². The molecule has 0 fully saturated rings. The summed E-state index contributed by atoms with van der Waals surface area (Å²) in [6, 6.07) is 20.7. The second-order valence-electron chi connectivity index (χ2n) is 11.2. The molecule has 0 aliphatic rings. The van der Waals surface area contributed by atoms with Gasteiger partial charge in [-0.25, -0.2) is 4.79 Å². The smallest absolute Gasteiger partial charge is 0.408 e. The molecule has 7 nitrogen and oxygen atoms in total. The number of para-hydroxylation sites is 1. The number of ether oxygens (including phenoxy) is 1. The zero-order valence-corrected chi connectivity index (χ0v) is 24.9. The molecule has 214 valence electrons. The van der Waals surface area contributed by atoms with E-state index in [-0.39, 0.29) is 6.42 Å². The SMILES string of the molecule is C#CN(C(=O)C(Cc1ccccc1)NC(=O)OC(C)(C)C)C(C(=O)Nc1c(C)cccc1C)c1ccc(C)c(C)c1. The van der Waals surface area contributed by atoms with Crippen molar-refractivity contribution < 1.29 is 19.1 Å². The monoisotopic (exact) mass is 553 g/mol. The highest BCUT2D eigenvalue weighted by Crippen LogP contribution is 2.28. The first-order valence-corrected chi connectivity index (χ1v) is 13.6. The number of nitrogens with one attached hydrogen (secondary N) is 2. The molecule has 0 saturated carbocycles. The van der Waals surface area contributed by atoms with Crippen molar-refractivity contribution in [3.8, 4) is 12.5 Å². The topological polar surface area (TPSA) is 87.7 Å². The van der Waals surface area contributed by atoms with Crippen molar-refractivity contribution in [3.05, 3.63) is 100 Å². The second kappa shape index (κ2) is 13.2. The molecule has 41 heavy (non-hydrogen) atoms. The Morgan fingerprint density at radius 1 is 0.878 bits per heavy atom. The van der Waals surface area contributed by atoms with Crippen molar-refractivity contribution in [1.82, 2.24) is 10.2 Å². The van der Waals surface area contributed by atoms with Gasteiger partial charge in [0.15, 0.2) is 0 Å². The number of nitrogens with zero attached hydrogens (tertiary/aromatic N) is 1. The molecule has 3 amide bonds. The van der Waals surface area contributed by atoms with Gasteiger partial charge in [0, 0.05) is 18.2 Å². The Morgan fingerprint density at radius 3 is 2.07 bits per heavy atom. The van der Waals surface area contributed by atoms with Crippen molar-refractivity contribution in [2.24, 2.45) is 0 Å². The lowest BCUT2D eigenvalue weighted by molar-refractivity contribution is -0.136. The van der Waals surface area contributed by atoms with Gasteiger partial charge >= 0.3 is 6.09 Å². The molecule has 0 aliphatic carbocycles. The van der Waals surface area contributed by atoms with Gasteiger partial charge in [-0.2, -0.15) is 0 Å². The molecular weight excluding hydrogens is 514 g/mol. The number of carbonyl (C=O) groups is 3. The van der Waals surface area contributed by atoms with Crippen LogP contribution in [0.25, 0.3) is 0 Å². The van der Waals surface area contributed by atoms with E-state index >= 15 is 0 Å². The Bertz CT molecular complexity index is 1430. The third kappa shape index (κ3) is 8.21. The summed E-state index contributed by atoms with van der Waals surface area (Å²) < 4.78 is 5.44. The lowest BCUT2D eigenvalue weighted by Gasteiger charge is -2.31. The second-order valence-corrected chi connectivity index (χ2v) is 11.2. The predicted octanol–water partition coefficient (Wildman–Crippen LogP) is 6.16. The van der Waals surface area contributed by atoms with Crippen molar-refractivity contribution in [3.63, 3.8) is 0 Å². The highest BCUT2D eigenvalue weighted by atomic mass is 16.6. The summed E-state index contributed by atoms with van der Waals surface area (Å²) >= 11 is 0. The molecule has 0 radical (unpaired) electrons. The molecule has 3 rings (SSSR count). The number of anilines is 1. The normalized spacial score (nSPS) is 12.4. The van der Waals surface area contributed by atoms with Crippen LogP contribution >= 0.6 is 0 Å². The van der Waals surface area contributed by atoms with E-state index in [1.807, 2.05) is 88.4 Å². The lowest BCUT2D eigenvalue weighted by Crippen LogP contribution is -2.51.